The molecule has 2 N–H and O–H groups in total. The molecular formula is C12H17BrFNO. The first kappa shape index (κ1) is 13.6. The fourth-order valence-corrected chi connectivity index (χ4v) is 1.56. The van der Waals surface area contributed by atoms with E-state index in [1.807, 2.05) is 19.9 Å². The minimum atomic E-state index is -0.472. The summed E-state index contributed by atoms with van der Waals surface area (Å²) in [6.45, 7) is 6.06. The van der Waals surface area contributed by atoms with Gasteiger partial charge >= 0.3 is 0 Å². The summed E-state index contributed by atoms with van der Waals surface area (Å²) in [4.78, 5) is 0. The van der Waals surface area contributed by atoms with Gasteiger partial charge in [0.1, 0.15) is 5.82 Å². The molecule has 0 heterocycles. The molecule has 0 spiro atoms. The average molecular weight is 290 g/mol. The molecule has 1 rings (SSSR count). The number of rotatable bonds is 4. The lowest BCUT2D eigenvalue weighted by molar-refractivity contribution is 0.0956. The molecule has 2 nitrogen and oxygen atoms in total. The molecule has 0 fully saturated rings. The number of aliphatic hydroxyl groups is 1. The van der Waals surface area contributed by atoms with Gasteiger partial charge < -0.3 is 10.4 Å². The molecule has 16 heavy (non-hydrogen) atoms. The predicted molar refractivity (Wildman–Crippen MR) is 66.7 cm³/mol. The van der Waals surface area contributed by atoms with Crippen LogP contribution in [-0.2, 0) is 6.54 Å². The molecule has 0 saturated carbocycles. The largest absolute Gasteiger partial charge is 0.392 e. The Hall–Kier alpha value is -0.450. The number of nitrogens with one attached hydrogen (secondary N) is 1. The highest BCUT2D eigenvalue weighted by Crippen LogP contribution is 2.21. The summed E-state index contributed by atoms with van der Waals surface area (Å²) < 4.78 is 13.7. The molecule has 0 bridgehead atoms. The van der Waals surface area contributed by atoms with Gasteiger partial charge in [-0.3, -0.25) is 0 Å². The van der Waals surface area contributed by atoms with E-state index in [4.69, 9.17) is 0 Å². The lowest BCUT2D eigenvalue weighted by Gasteiger charge is -2.29. The van der Waals surface area contributed by atoms with E-state index < -0.39 is 11.6 Å². The van der Waals surface area contributed by atoms with Gasteiger partial charge in [-0.2, -0.15) is 0 Å². The van der Waals surface area contributed by atoms with E-state index in [1.54, 1.807) is 13.0 Å². The SMILES string of the molecule is CC(O)C(C)(C)NCc1cccc(F)c1Br. The summed E-state index contributed by atoms with van der Waals surface area (Å²) in [5.74, 6) is -0.269. The van der Waals surface area contributed by atoms with Gasteiger partial charge in [0.15, 0.2) is 0 Å². The Kier molecular flexibility index (Phi) is 4.47. The zero-order valence-electron chi connectivity index (χ0n) is 9.72. The average Bonchev–Trinajstić information content (AvgIpc) is 2.20. The molecule has 1 atom stereocenters. The van der Waals surface area contributed by atoms with Crippen LogP contribution in [0.5, 0.6) is 0 Å². The lowest BCUT2D eigenvalue weighted by atomic mass is 9.98. The standard InChI is InChI=1S/C12H17BrFNO/c1-8(16)12(2,3)15-7-9-5-4-6-10(14)11(9)13/h4-6,8,15-16H,7H2,1-3H3. The molecule has 1 aromatic carbocycles. The minimum Gasteiger partial charge on any atom is -0.392 e. The molecule has 0 aliphatic rings. The van der Waals surface area contributed by atoms with Crippen molar-refractivity contribution < 1.29 is 9.50 Å². The molecule has 0 aliphatic carbocycles. The molecular weight excluding hydrogens is 273 g/mol. The third-order valence-electron chi connectivity index (χ3n) is 2.81. The molecule has 0 saturated heterocycles. The highest BCUT2D eigenvalue weighted by atomic mass is 79.9. The monoisotopic (exact) mass is 289 g/mol. The number of aliphatic hydroxyl groups excluding tert-OH is 1. The van der Waals surface area contributed by atoms with Crippen LogP contribution in [0, 0.1) is 5.82 Å². The van der Waals surface area contributed by atoms with Crippen LogP contribution in [-0.4, -0.2) is 16.7 Å². The van der Waals surface area contributed by atoms with Crippen LogP contribution in [0.2, 0.25) is 0 Å². The Morgan fingerprint density at radius 3 is 2.69 bits per heavy atom. The maximum absolute atomic E-state index is 13.2. The van der Waals surface area contributed by atoms with Gasteiger partial charge in [0.2, 0.25) is 0 Å². The number of hydrogen-bond acceptors (Lipinski definition) is 2. The molecule has 1 unspecified atom stereocenters. The number of hydrogen-bond donors (Lipinski definition) is 2. The van der Waals surface area contributed by atoms with E-state index >= 15 is 0 Å². The topological polar surface area (TPSA) is 32.3 Å². The quantitative estimate of drug-likeness (QED) is 0.893. The van der Waals surface area contributed by atoms with E-state index in [0.29, 0.717) is 11.0 Å². The summed E-state index contributed by atoms with van der Waals surface area (Å²) in [5.41, 5.74) is 0.444. The van der Waals surface area contributed by atoms with E-state index in [0.717, 1.165) is 5.56 Å². The Morgan fingerprint density at radius 2 is 2.12 bits per heavy atom. The second-order valence-corrected chi connectivity index (χ2v) is 5.26. The van der Waals surface area contributed by atoms with Crippen molar-refractivity contribution >= 4 is 15.9 Å². The molecule has 90 valence electrons. The second kappa shape index (κ2) is 5.25. The third-order valence-corrected chi connectivity index (χ3v) is 3.70. The maximum atomic E-state index is 13.2. The summed E-state index contributed by atoms with van der Waals surface area (Å²) in [6.07, 6.45) is -0.472. The first-order valence-corrected chi connectivity index (χ1v) is 6.00. The lowest BCUT2D eigenvalue weighted by Crippen LogP contribution is -2.47. The van der Waals surface area contributed by atoms with Gasteiger partial charge in [0, 0.05) is 12.1 Å². The highest BCUT2D eigenvalue weighted by molar-refractivity contribution is 9.10. The van der Waals surface area contributed by atoms with E-state index in [9.17, 15) is 9.50 Å². The Balaban J connectivity index is 2.72. The first-order chi connectivity index (χ1) is 7.34. The van der Waals surface area contributed by atoms with Crippen molar-refractivity contribution in [3.8, 4) is 0 Å². The zero-order chi connectivity index (χ0) is 12.3. The van der Waals surface area contributed by atoms with Gasteiger partial charge in [0.05, 0.1) is 10.6 Å². The summed E-state index contributed by atoms with van der Waals surface area (Å²) in [5, 5.41) is 12.7. The summed E-state index contributed by atoms with van der Waals surface area (Å²) >= 11 is 3.21. The molecule has 1 aromatic rings. The highest BCUT2D eigenvalue weighted by Gasteiger charge is 2.23. The maximum Gasteiger partial charge on any atom is 0.137 e. The van der Waals surface area contributed by atoms with Gasteiger partial charge in [-0.05, 0) is 48.3 Å². The van der Waals surface area contributed by atoms with Crippen LogP contribution >= 0.6 is 15.9 Å². The number of benzene rings is 1. The van der Waals surface area contributed by atoms with Crippen molar-refractivity contribution in [2.45, 2.75) is 39.0 Å². The molecule has 0 aromatic heterocycles. The fourth-order valence-electron chi connectivity index (χ4n) is 1.16. The van der Waals surface area contributed by atoms with Crippen molar-refractivity contribution in [2.24, 2.45) is 0 Å². The number of halogens is 2. The fraction of sp³-hybridized carbons (Fsp3) is 0.500. The van der Waals surface area contributed by atoms with Crippen LogP contribution in [0.25, 0.3) is 0 Å². The van der Waals surface area contributed by atoms with E-state index in [2.05, 4.69) is 21.2 Å². The second-order valence-electron chi connectivity index (χ2n) is 4.46. The molecule has 0 radical (unpaired) electrons. The molecule has 4 heteroatoms. The normalized spacial score (nSPS) is 13.9. The van der Waals surface area contributed by atoms with Crippen LogP contribution < -0.4 is 5.32 Å². The van der Waals surface area contributed by atoms with Crippen LogP contribution in [0.3, 0.4) is 0 Å². The zero-order valence-corrected chi connectivity index (χ0v) is 11.3. The van der Waals surface area contributed by atoms with Gasteiger partial charge in [-0.15, -0.1) is 0 Å². The first-order valence-electron chi connectivity index (χ1n) is 5.20. The Labute approximate surface area is 104 Å². The van der Waals surface area contributed by atoms with Crippen molar-refractivity contribution in [1.82, 2.24) is 5.32 Å². The van der Waals surface area contributed by atoms with Gasteiger partial charge in [-0.25, -0.2) is 4.39 Å². The van der Waals surface area contributed by atoms with Gasteiger partial charge in [0.25, 0.3) is 0 Å². The summed E-state index contributed by atoms with van der Waals surface area (Å²) in [6, 6.07) is 4.93. The predicted octanol–water partition coefficient (Wildman–Crippen LogP) is 2.84. The van der Waals surface area contributed by atoms with Crippen molar-refractivity contribution in [1.29, 1.82) is 0 Å². The van der Waals surface area contributed by atoms with E-state index in [1.165, 1.54) is 6.07 Å². The molecule has 0 aliphatic heterocycles. The summed E-state index contributed by atoms with van der Waals surface area (Å²) in [7, 11) is 0. The van der Waals surface area contributed by atoms with Crippen molar-refractivity contribution in [2.75, 3.05) is 0 Å². The van der Waals surface area contributed by atoms with Gasteiger partial charge in [-0.1, -0.05) is 12.1 Å². The van der Waals surface area contributed by atoms with Crippen molar-refractivity contribution in [3.05, 3.63) is 34.1 Å². The molecule has 0 amide bonds. The van der Waals surface area contributed by atoms with E-state index in [-0.39, 0.29) is 5.82 Å². The van der Waals surface area contributed by atoms with Crippen molar-refractivity contribution in [3.63, 3.8) is 0 Å². The van der Waals surface area contributed by atoms with Crippen LogP contribution in [0.15, 0.2) is 22.7 Å². The Morgan fingerprint density at radius 1 is 1.50 bits per heavy atom. The van der Waals surface area contributed by atoms with Crippen LogP contribution in [0.1, 0.15) is 26.3 Å². The minimum absolute atomic E-state index is 0.269. The smallest absolute Gasteiger partial charge is 0.137 e. The Bertz CT molecular complexity index is 366. The third kappa shape index (κ3) is 3.27. The van der Waals surface area contributed by atoms with Crippen LogP contribution in [0.4, 0.5) is 4.39 Å².